The van der Waals surface area contributed by atoms with Gasteiger partial charge in [-0.05, 0) is 33.1 Å². The Morgan fingerprint density at radius 2 is 1.35 bits per heavy atom. The second-order valence-electron chi connectivity index (χ2n) is 8.50. The highest BCUT2D eigenvalue weighted by atomic mass is 35.5. The maximum atomic E-state index is 6.45. The molecule has 0 N–H and O–H groups in total. The molecule has 2 unspecified atom stereocenters. The summed E-state index contributed by atoms with van der Waals surface area (Å²) in [4.78, 5) is 4.61. The number of alkyl halides is 2. The van der Waals surface area contributed by atoms with Gasteiger partial charge >= 0.3 is 0 Å². The highest BCUT2D eigenvalue weighted by molar-refractivity contribution is 6.29. The van der Waals surface area contributed by atoms with E-state index in [1.54, 1.807) is 0 Å². The summed E-state index contributed by atoms with van der Waals surface area (Å²) in [5.41, 5.74) is -0.00679. The molecule has 0 aromatic heterocycles. The van der Waals surface area contributed by atoms with Gasteiger partial charge in [0.2, 0.25) is 0 Å². The predicted molar refractivity (Wildman–Crippen MR) is 117 cm³/mol. The Morgan fingerprint density at radius 1 is 0.846 bits per heavy atom. The molecule has 0 fully saturated rings. The Labute approximate surface area is 172 Å². The molecule has 0 amide bonds. The number of hydrogen-bond acceptors (Lipinski definition) is 2. The Hall–Kier alpha value is 0.0500. The predicted octanol–water partition coefficient (Wildman–Crippen LogP) is 7.89. The second-order valence-corrected chi connectivity index (χ2v) is 9.62. The number of unbranched alkanes of at least 4 members (excludes halogenated alkanes) is 9. The molecule has 4 heteroatoms. The molecule has 2 atom stereocenters. The van der Waals surface area contributed by atoms with Gasteiger partial charge < -0.3 is 4.74 Å². The van der Waals surface area contributed by atoms with Crippen LogP contribution in [-0.4, -0.2) is 28.8 Å². The topological polar surface area (TPSA) is 21.6 Å². The molecule has 1 aliphatic heterocycles. The number of hydrogen-bond donors (Lipinski definition) is 0. The molecule has 26 heavy (non-hydrogen) atoms. The molecule has 0 spiro atoms. The van der Waals surface area contributed by atoms with Crippen LogP contribution in [0.15, 0.2) is 4.99 Å². The minimum atomic E-state index is -0.00679. The van der Waals surface area contributed by atoms with E-state index in [1.807, 2.05) is 0 Å². The maximum absolute atomic E-state index is 6.45. The summed E-state index contributed by atoms with van der Waals surface area (Å²) in [6.07, 6.45) is 17.2. The number of halogens is 2. The van der Waals surface area contributed by atoms with Crippen LogP contribution >= 0.6 is 23.2 Å². The molecule has 0 aromatic rings. The minimum absolute atomic E-state index is 0.00679. The Balaban J connectivity index is 1.88. The van der Waals surface area contributed by atoms with Crippen LogP contribution in [0.4, 0.5) is 0 Å². The van der Waals surface area contributed by atoms with Crippen LogP contribution in [0.1, 0.15) is 111 Å². The van der Waals surface area contributed by atoms with Gasteiger partial charge in [0.15, 0.2) is 5.90 Å². The fourth-order valence-corrected chi connectivity index (χ4v) is 3.98. The normalized spacial score (nSPS) is 18.4. The molecule has 0 aromatic carbocycles. The van der Waals surface area contributed by atoms with Crippen molar-refractivity contribution >= 4 is 29.1 Å². The molecule has 2 nitrogen and oxygen atoms in total. The SMILES string of the molecule is CCCCCCC(Cl)C(Cl)CCCCCCCCCC1=NC(C)(C)CO1. The average molecular weight is 406 g/mol. The Bertz CT molecular complexity index is 384. The van der Waals surface area contributed by atoms with E-state index in [2.05, 4.69) is 25.8 Å². The molecule has 0 saturated carbocycles. The van der Waals surface area contributed by atoms with Gasteiger partial charge in [-0.15, -0.1) is 23.2 Å². The van der Waals surface area contributed by atoms with Crippen molar-refractivity contribution in [2.24, 2.45) is 4.99 Å². The van der Waals surface area contributed by atoms with Crippen molar-refractivity contribution in [2.75, 3.05) is 6.61 Å². The van der Waals surface area contributed by atoms with E-state index in [0.29, 0.717) is 0 Å². The van der Waals surface area contributed by atoms with E-state index in [9.17, 15) is 0 Å². The van der Waals surface area contributed by atoms with Crippen molar-refractivity contribution in [2.45, 2.75) is 127 Å². The highest BCUT2D eigenvalue weighted by Crippen LogP contribution is 2.23. The van der Waals surface area contributed by atoms with Crippen LogP contribution in [0, 0.1) is 0 Å². The van der Waals surface area contributed by atoms with E-state index >= 15 is 0 Å². The van der Waals surface area contributed by atoms with Crippen LogP contribution in [0.2, 0.25) is 0 Å². The Kier molecular flexibility index (Phi) is 13.1. The number of ether oxygens (including phenoxy) is 1. The maximum Gasteiger partial charge on any atom is 0.183 e. The molecule has 154 valence electrons. The minimum Gasteiger partial charge on any atom is -0.478 e. The summed E-state index contributed by atoms with van der Waals surface area (Å²) >= 11 is 12.9. The fourth-order valence-electron chi connectivity index (χ4n) is 3.42. The first kappa shape index (κ1) is 24.1. The lowest BCUT2D eigenvalue weighted by atomic mass is 10.0. The first-order valence-corrected chi connectivity index (χ1v) is 11.8. The zero-order valence-electron chi connectivity index (χ0n) is 17.4. The third kappa shape index (κ3) is 11.7. The van der Waals surface area contributed by atoms with Gasteiger partial charge in [0.25, 0.3) is 0 Å². The first-order valence-electron chi connectivity index (χ1n) is 10.9. The number of aliphatic imine (C=N–C) groups is 1. The van der Waals surface area contributed by atoms with Crippen LogP contribution in [0.25, 0.3) is 0 Å². The van der Waals surface area contributed by atoms with Gasteiger partial charge in [-0.1, -0.05) is 71.1 Å². The zero-order chi connectivity index (χ0) is 19.3. The lowest BCUT2D eigenvalue weighted by molar-refractivity contribution is 0.273. The van der Waals surface area contributed by atoms with Gasteiger partial charge in [0.1, 0.15) is 6.61 Å². The summed E-state index contributed by atoms with van der Waals surface area (Å²) in [7, 11) is 0. The summed E-state index contributed by atoms with van der Waals surface area (Å²) in [5.74, 6) is 0.966. The van der Waals surface area contributed by atoms with E-state index in [0.717, 1.165) is 31.8 Å². The largest absolute Gasteiger partial charge is 0.478 e. The zero-order valence-corrected chi connectivity index (χ0v) is 18.9. The van der Waals surface area contributed by atoms with Gasteiger partial charge in [0.05, 0.1) is 5.54 Å². The fraction of sp³-hybridized carbons (Fsp3) is 0.955. The monoisotopic (exact) mass is 405 g/mol. The van der Waals surface area contributed by atoms with Crippen molar-refractivity contribution in [3.63, 3.8) is 0 Å². The van der Waals surface area contributed by atoms with E-state index in [4.69, 9.17) is 27.9 Å². The van der Waals surface area contributed by atoms with Crippen molar-refractivity contribution in [1.82, 2.24) is 0 Å². The van der Waals surface area contributed by atoms with Gasteiger partial charge in [-0.25, -0.2) is 4.99 Å². The van der Waals surface area contributed by atoms with Crippen molar-refractivity contribution in [3.05, 3.63) is 0 Å². The molecular weight excluding hydrogens is 365 g/mol. The van der Waals surface area contributed by atoms with Crippen molar-refractivity contribution < 1.29 is 4.74 Å². The third-order valence-electron chi connectivity index (χ3n) is 5.12. The summed E-state index contributed by atoms with van der Waals surface area (Å²) in [6.45, 7) is 7.24. The lowest BCUT2D eigenvalue weighted by Gasteiger charge is -2.15. The van der Waals surface area contributed by atoms with Crippen LogP contribution in [0.5, 0.6) is 0 Å². The number of nitrogens with zero attached hydrogens (tertiary/aromatic N) is 1. The molecule has 1 rings (SSSR count). The molecule has 0 bridgehead atoms. The van der Waals surface area contributed by atoms with Gasteiger partial charge in [0, 0.05) is 17.2 Å². The average Bonchev–Trinajstić information content (AvgIpc) is 2.95. The van der Waals surface area contributed by atoms with Gasteiger partial charge in [-0.3, -0.25) is 0 Å². The Morgan fingerprint density at radius 3 is 1.85 bits per heavy atom. The van der Waals surface area contributed by atoms with E-state index in [-0.39, 0.29) is 16.3 Å². The lowest BCUT2D eigenvalue weighted by Crippen LogP contribution is -2.17. The molecule has 0 aliphatic carbocycles. The van der Waals surface area contributed by atoms with E-state index < -0.39 is 0 Å². The molecular formula is C22H41Cl2NO. The summed E-state index contributed by atoms with van der Waals surface area (Å²) < 4.78 is 5.63. The highest BCUT2D eigenvalue weighted by Gasteiger charge is 2.25. The quantitative estimate of drug-likeness (QED) is 0.189. The van der Waals surface area contributed by atoms with Crippen molar-refractivity contribution in [3.8, 4) is 0 Å². The number of rotatable bonds is 16. The first-order chi connectivity index (χ1) is 12.4. The standard InChI is InChI=1S/C22H41Cl2NO/c1-4-5-6-12-15-19(23)20(24)16-13-10-8-7-9-11-14-17-21-25-22(2,3)18-26-21/h19-20H,4-18H2,1-3H3. The van der Waals surface area contributed by atoms with Crippen LogP contribution in [-0.2, 0) is 4.74 Å². The van der Waals surface area contributed by atoms with E-state index in [1.165, 1.54) is 70.6 Å². The molecule has 1 aliphatic rings. The molecule has 1 heterocycles. The second kappa shape index (κ2) is 14.1. The van der Waals surface area contributed by atoms with Crippen LogP contribution < -0.4 is 0 Å². The smallest absolute Gasteiger partial charge is 0.183 e. The molecule has 0 radical (unpaired) electrons. The van der Waals surface area contributed by atoms with Gasteiger partial charge in [-0.2, -0.15) is 0 Å². The summed E-state index contributed by atoms with van der Waals surface area (Å²) in [6, 6.07) is 0. The molecule has 0 saturated heterocycles. The third-order valence-corrected chi connectivity index (χ3v) is 6.29. The van der Waals surface area contributed by atoms with Crippen LogP contribution in [0.3, 0.4) is 0 Å². The summed E-state index contributed by atoms with van der Waals surface area (Å²) in [5, 5.41) is 0.300. The van der Waals surface area contributed by atoms with Crippen molar-refractivity contribution in [1.29, 1.82) is 0 Å².